The van der Waals surface area contributed by atoms with E-state index in [1.807, 2.05) is 0 Å². The molecule has 170 valence electrons. The molecule has 2 aliphatic carbocycles. The first kappa shape index (κ1) is 21.1. The number of amides is 1. The first-order chi connectivity index (χ1) is 15.4. The van der Waals surface area contributed by atoms with Crippen molar-refractivity contribution in [2.75, 3.05) is 16.2 Å². The van der Waals surface area contributed by atoms with E-state index in [0.29, 0.717) is 36.2 Å². The molecule has 3 aliphatic rings. The van der Waals surface area contributed by atoms with Crippen LogP contribution in [0.25, 0.3) is 0 Å². The van der Waals surface area contributed by atoms with Crippen molar-refractivity contribution in [3.63, 3.8) is 0 Å². The van der Waals surface area contributed by atoms with Crippen molar-refractivity contribution in [3.8, 4) is 0 Å². The van der Waals surface area contributed by atoms with E-state index in [0.717, 1.165) is 24.5 Å². The van der Waals surface area contributed by atoms with Crippen LogP contribution < -0.4 is 14.9 Å². The quantitative estimate of drug-likeness (QED) is 0.656. The second-order valence-electron chi connectivity index (χ2n) is 9.14. The van der Waals surface area contributed by atoms with Gasteiger partial charge in [0, 0.05) is 18.8 Å². The lowest BCUT2D eigenvalue weighted by atomic mass is 9.88. The van der Waals surface area contributed by atoms with Gasteiger partial charge in [-0.15, -0.1) is 0 Å². The van der Waals surface area contributed by atoms with E-state index in [9.17, 15) is 13.2 Å². The van der Waals surface area contributed by atoms with Gasteiger partial charge in [-0.1, -0.05) is 6.92 Å². The highest BCUT2D eigenvalue weighted by Gasteiger charge is 2.36. The number of aromatic nitrogens is 3. The smallest absolute Gasteiger partial charge is 0.271 e. The first-order valence-corrected chi connectivity index (χ1v) is 12.8. The number of nitrogens with zero attached hydrogens (tertiary/aromatic N) is 4. The maximum absolute atomic E-state index is 12.7. The van der Waals surface area contributed by atoms with Crippen LogP contribution in [0.4, 0.5) is 11.5 Å². The Bertz CT molecular complexity index is 1130. The molecule has 0 spiro atoms. The van der Waals surface area contributed by atoms with Crippen LogP contribution >= 0.6 is 0 Å². The second kappa shape index (κ2) is 8.31. The molecule has 0 unspecified atom stereocenters. The summed E-state index contributed by atoms with van der Waals surface area (Å²) < 4.78 is 26.9. The van der Waals surface area contributed by atoms with Crippen LogP contribution in [0.1, 0.15) is 60.9 Å². The zero-order chi connectivity index (χ0) is 22.3. The number of anilines is 2. The second-order valence-corrected chi connectivity index (χ2v) is 11.1. The molecule has 0 aromatic carbocycles. The third kappa shape index (κ3) is 4.41. The standard InChI is InChI=1S/C22H28N6O3S/c1-14-9-19-21(28(13-14)17-3-2-4-17)24-12-20(26-19)22(29)25-11-16-10-15(7-8-23-16)27-32(30,31)18-5-6-18/h7-8,10,12,14,17-18H,2-6,9,11,13H2,1H3,(H,23,27)(H,25,29)/t14-/m0/s1. The molecule has 2 N–H and O–H groups in total. The summed E-state index contributed by atoms with van der Waals surface area (Å²) in [6.07, 6.45) is 8.93. The summed E-state index contributed by atoms with van der Waals surface area (Å²) in [5.41, 5.74) is 2.19. The van der Waals surface area contributed by atoms with Crippen molar-refractivity contribution in [2.24, 2.45) is 5.92 Å². The van der Waals surface area contributed by atoms with Gasteiger partial charge in [-0.25, -0.2) is 18.4 Å². The van der Waals surface area contributed by atoms with Gasteiger partial charge in [0.25, 0.3) is 5.91 Å². The highest BCUT2D eigenvalue weighted by molar-refractivity contribution is 7.93. The lowest BCUT2D eigenvalue weighted by Gasteiger charge is -2.43. The van der Waals surface area contributed by atoms with Crippen molar-refractivity contribution >= 4 is 27.4 Å². The summed E-state index contributed by atoms with van der Waals surface area (Å²) in [5.74, 6) is 1.07. The maximum atomic E-state index is 12.7. The van der Waals surface area contributed by atoms with E-state index >= 15 is 0 Å². The van der Waals surface area contributed by atoms with Crippen molar-refractivity contribution < 1.29 is 13.2 Å². The van der Waals surface area contributed by atoms with Gasteiger partial charge >= 0.3 is 0 Å². The Hall–Kier alpha value is -2.75. The predicted octanol–water partition coefficient (Wildman–Crippen LogP) is 2.26. The number of nitrogens with one attached hydrogen (secondary N) is 2. The van der Waals surface area contributed by atoms with E-state index in [1.54, 1.807) is 18.3 Å². The van der Waals surface area contributed by atoms with Crippen LogP contribution in [0.5, 0.6) is 0 Å². The SMILES string of the molecule is C[C@H]1Cc2nc(C(=O)NCc3cc(NS(=O)(=O)C4CC4)ccn3)cnc2N(C2CCC2)C1. The summed E-state index contributed by atoms with van der Waals surface area (Å²) in [5, 5.41) is 2.52. The minimum atomic E-state index is -3.34. The summed E-state index contributed by atoms with van der Waals surface area (Å²) in [6, 6.07) is 3.78. The molecule has 1 amide bonds. The molecule has 5 rings (SSSR count). The van der Waals surface area contributed by atoms with Crippen molar-refractivity contribution in [3.05, 3.63) is 41.6 Å². The monoisotopic (exact) mass is 456 g/mol. The number of carbonyl (C=O) groups excluding carboxylic acids is 1. The molecule has 3 heterocycles. The number of pyridine rings is 1. The molecule has 0 bridgehead atoms. The average Bonchev–Trinajstić information content (AvgIpc) is 3.56. The van der Waals surface area contributed by atoms with Crippen molar-refractivity contribution in [1.82, 2.24) is 20.3 Å². The van der Waals surface area contributed by atoms with E-state index in [2.05, 4.69) is 36.8 Å². The third-order valence-electron chi connectivity index (χ3n) is 6.36. The van der Waals surface area contributed by atoms with Gasteiger partial charge < -0.3 is 10.2 Å². The Morgan fingerprint density at radius 3 is 2.75 bits per heavy atom. The van der Waals surface area contributed by atoms with E-state index in [1.165, 1.54) is 25.5 Å². The minimum absolute atomic E-state index is 0.168. The topological polar surface area (TPSA) is 117 Å². The molecule has 10 heteroatoms. The first-order valence-electron chi connectivity index (χ1n) is 11.3. The fourth-order valence-corrected chi connectivity index (χ4v) is 5.65. The molecule has 1 atom stereocenters. The molecule has 0 radical (unpaired) electrons. The molecular formula is C22H28N6O3S. The minimum Gasteiger partial charge on any atom is -0.352 e. The average molecular weight is 457 g/mol. The fraction of sp³-hybridized carbons (Fsp3) is 0.545. The molecule has 2 aromatic heterocycles. The number of rotatable bonds is 7. The number of hydrogen-bond acceptors (Lipinski definition) is 7. The Kier molecular flexibility index (Phi) is 5.48. The molecule has 1 aliphatic heterocycles. The van der Waals surface area contributed by atoms with Gasteiger partial charge in [-0.05, 0) is 56.6 Å². The summed E-state index contributed by atoms with van der Waals surface area (Å²) in [6.45, 7) is 3.37. The number of sulfonamides is 1. The summed E-state index contributed by atoms with van der Waals surface area (Å²) >= 11 is 0. The summed E-state index contributed by atoms with van der Waals surface area (Å²) in [7, 11) is -3.34. The lowest BCUT2D eigenvalue weighted by Crippen LogP contribution is -2.46. The largest absolute Gasteiger partial charge is 0.352 e. The highest BCUT2D eigenvalue weighted by atomic mass is 32.2. The van der Waals surface area contributed by atoms with Crippen LogP contribution in [0, 0.1) is 5.92 Å². The van der Waals surface area contributed by atoms with Crippen LogP contribution in [0.2, 0.25) is 0 Å². The van der Waals surface area contributed by atoms with Crippen molar-refractivity contribution in [1.29, 1.82) is 0 Å². The molecular weight excluding hydrogens is 428 g/mol. The Labute approximate surface area is 188 Å². The predicted molar refractivity (Wildman–Crippen MR) is 121 cm³/mol. The van der Waals surface area contributed by atoms with Gasteiger partial charge in [0.2, 0.25) is 10.0 Å². The van der Waals surface area contributed by atoms with E-state index in [4.69, 9.17) is 0 Å². The number of carbonyl (C=O) groups is 1. The highest BCUT2D eigenvalue weighted by Crippen LogP contribution is 2.34. The zero-order valence-corrected chi connectivity index (χ0v) is 18.9. The van der Waals surface area contributed by atoms with Gasteiger partial charge in [-0.3, -0.25) is 14.5 Å². The Balaban J connectivity index is 1.25. The molecule has 2 saturated carbocycles. The molecule has 0 saturated heterocycles. The molecule has 32 heavy (non-hydrogen) atoms. The molecule has 9 nitrogen and oxygen atoms in total. The van der Waals surface area contributed by atoms with Crippen LogP contribution in [0.3, 0.4) is 0 Å². The Morgan fingerprint density at radius 2 is 2.03 bits per heavy atom. The summed E-state index contributed by atoms with van der Waals surface area (Å²) in [4.78, 5) is 28.5. The third-order valence-corrected chi connectivity index (χ3v) is 8.23. The van der Waals surface area contributed by atoms with Gasteiger partial charge in [0.1, 0.15) is 5.69 Å². The van der Waals surface area contributed by atoms with Crippen LogP contribution in [0.15, 0.2) is 24.5 Å². The van der Waals surface area contributed by atoms with Gasteiger partial charge in [0.15, 0.2) is 5.82 Å². The Morgan fingerprint density at radius 1 is 1.22 bits per heavy atom. The normalized spacial score (nSPS) is 20.9. The van der Waals surface area contributed by atoms with Crippen LogP contribution in [-0.4, -0.2) is 47.1 Å². The van der Waals surface area contributed by atoms with Gasteiger partial charge in [0.05, 0.1) is 35.1 Å². The van der Waals surface area contributed by atoms with E-state index in [-0.39, 0.29) is 23.4 Å². The molecule has 2 fully saturated rings. The lowest BCUT2D eigenvalue weighted by molar-refractivity contribution is 0.0944. The number of hydrogen-bond donors (Lipinski definition) is 2. The fourth-order valence-electron chi connectivity index (χ4n) is 4.27. The molecule has 2 aromatic rings. The maximum Gasteiger partial charge on any atom is 0.271 e. The van der Waals surface area contributed by atoms with Gasteiger partial charge in [-0.2, -0.15) is 0 Å². The van der Waals surface area contributed by atoms with Crippen LogP contribution in [-0.2, 0) is 23.0 Å². The zero-order valence-electron chi connectivity index (χ0n) is 18.1. The van der Waals surface area contributed by atoms with E-state index < -0.39 is 10.0 Å². The van der Waals surface area contributed by atoms with Crippen molar-refractivity contribution in [2.45, 2.75) is 63.3 Å². The number of fused-ring (bicyclic) bond motifs is 1.